The number of benzene rings is 3. The number of methoxy groups -OCH3 is 1. The number of nitrogens with one attached hydrogen (secondary N) is 1. The number of aliphatic hydroxyl groups excluding tert-OH is 1. The van der Waals surface area contributed by atoms with Crippen molar-refractivity contribution in [2.75, 3.05) is 13.7 Å². The molecule has 0 fully saturated rings. The Kier molecular flexibility index (Phi) is 7.65. The highest BCUT2D eigenvalue weighted by Gasteiger charge is 2.13. The SMILES string of the molecule is COc1cccc(C(O)CCNC(Cc2ccccc2)Cc2ccccc2)c1. The summed E-state index contributed by atoms with van der Waals surface area (Å²) in [5.41, 5.74) is 3.54. The van der Waals surface area contributed by atoms with Gasteiger partial charge in [0.15, 0.2) is 0 Å². The Morgan fingerprint density at radius 3 is 2.00 bits per heavy atom. The average Bonchev–Trinajstić information content (AvgIpc) is 2.75. The molecule has 3 aromatic rings. The van der Waals surface area contributed by atoms with E-state index in [2.05, 4.69) is 53.8 Å². The van der Waals surface area contributed by atoms with E-state index in [4.69, 9.17) is 4.74 Å². The summed E-state index contributed by atoms with van der Waals surface area (Å²) >= 11 is 0. The maximum atomic E-state index is 10.5. The first-order chi connectivity index (χ1) is 13.7. The number of rotatable bonds is 10. The molecule has 0 aliphatic rings. The van der Waals surface area contributed by atoms with Crippen molar-refractivity contribution < 1.29 is 9.84 Å². The molecule has 0 radical (unpaired) electrons. The zero-order valence-electron chi connectivity index (χ0n) is 16.4. The lowest BCUT2D eigenvalue weighted by Crippen LogP contribution is -2.34. The van der Waals surface area contributed by atoms with Crippen LogP contribution < -0.4 is 10.1 Å². The van der Waals surface area contributed by atoms with Crippen LogP contribution in [0.4, 0.5) is 0 Å². The molecule has 0 aliphatic carbocycles. The Balaban J connectivity index is 1.58. The van der Waals surface area contributed by atoms with Crippen LogP contribution in [-0.4, -0.2) is 24.8 Å². The molecule has 0 saturated heterocycles. The van der Waals surface area contributed by atoms with Gasteiger partial charge in [0.2, 0.25) is 0 Å². The van der Waals surface area contributed by atoms with E-state index in [1.807, 2.05) is 36.4 Å². The molecule has 0 aromatic heterocycles. The Morgan fingerprint density at radius 1 is 0.821 bits per heavy atom. The molecule has 0 heterocycles. The first-order valence-corrected chi connectivity index (χ1v) is 9.88. The van der Waals surface area contributed by atoms with Crippen molar-refractivity contribution in [3.63, 3.8) is 0 Å². The Morgan fingerprint density at radius 2 is 1.43 bits per heavy atom. The summed E-state index contributed by atoms with van der Waals surface area (Å²) in [6.45, 7) is 0.753. The largest absolute Gasteiger partial charge is 0.497 e. The summed E-state index contributed by atoms with van der Waals surface area (Å²) < 4.78 is 5.25. The van der Waals surface area contributed by atoms with Crippen molar-refractivity contribution in [1.29, 1.82) is 0 Å². The maximum Gasteiger partial charge on any atom is 0.119 e. The van der Waals surface area contributed by atoms with Crippen LogP contribution in [0.1, 0.15) is 29.2 Å². The van der Waals surface area contributed by atoms with Crippen LogP contribution >= 0.6 is 0 Å². The van der Waals surface area contributed by atoms with Gasteiger partial charge in [-0.1, -0.05) is 72.8 Å². The molecule has 2 N–H and O–H groups in total. The molecule has 146 valence electrons. The molecule has 3 aromatic carbocycles. The van der Waals surface area contributed by atoms with E-state index in [1.165, 1.54) is 11.1 Å². The highest BCUT2D eigenvalue weighted by Crippen LogP contribution is 2.21. The predicted octanol–water partition coefficient (Wildman–Crippen LogP) is 4.56. The van der Waals surface area contributed by atoms with Gasteiger partial charge in [-0.2, -0.15) is 0 Å². The minimum Gasteiger partial charge on any atom is -0.497 e. The van der Waals surface area contributed by atoms with Crippen LogP contribution in [0, 0.1) is 0 Å². The van der Waals surface area contributed by atoms with Gasteiger partial charge >= 0.3 is 0 Å². The fraction of sp³-hybridized carbons (Fsp3) is 0.280. The minimum absolute atomic E-state index is 0.322. The third kappa shape index (κ3) is 6.22. The van der Waals surface area contributed by atoms with Gasteiger partial charge in [-0.3, -0.25) is 0 Å². The average molecular weight is 376 g/mol. The summed E-state index contributed by atoms with van der Waals surface area (Å²) in [7, 11) is 1.64. The normalized spacial score (nSPS) is 12.1. The summed E-state index contributed by atoms with van der Waals surface area (Å²) in [4.78, 5) is 0. The van der Waals surface area contributed by atoms with Crippen molar-refractivity contribution in [2.45, 2.75) is 31.4 Å². The molecule has 0 bridgehead atoms. The Bertz CT molecular complexity index is 779. The van der Waals surface area contributed by atoms with Gasteiger partial charge in [0.1, 0.15) is 5.75 Å². The quantitative estimate of drug-likeness (QED) is 0.546. The predicted molar refractivity (Wildman–Crippen MR) is 115 cm³/mol. The van der Waals surface area contributed by atoms with E-state index < -0.39 is 6.10 Å². The molecule has 3 nitrogen and oxygen atoms in total. The number of hydrogen-bond donors (Lipinski definition) is 2. The number of aliphatic hydroxyl groups is 1. The van der Waals surface area contributed by atoms with Crippen molar-refractivity contribution in [1.82, 2.24) is 5.32 Å². The lowest BCUT2D eigenvalue weighted by molar-refractivity contribution is 0.165. The van der Waals surface area contributed by atoms with Crippen LogP contribution in [0.5, 0.6) is 5.75 Å². The first kappa shape index (κ1) is 20.1. The zero-order chi connectivity index (χ0) is 19.6. The van der Waals surface area contributed by atoms with Gasteiger partial charge in [0.25, 0.3) is 0 Å². The standard InChI is InChI=1S/C25H29NO2/c1-28-24-14-8-13-22(19-24)25(27)15-16-26-23(17-20-9-4-2-5-10-20)18-21-11-6-3-7-12-21/h2-14,19,23,25-27H,15-18H2,1H3. The van der Waals surface area contributed by atoms with E-state index >= 15 is 0 Å². The summed E-state index contributed by atoms with van der Waals surface area (Å²) in [6.07, 6.45) is 2.08. The molecule has 3 rings (SSSR count). The summed E-state index contributed by atoms with van der Waals surface area (Å²) in [5.74, 6) is 0.774. The third-order valence-corrected chi connectivity index (χ3v) is 4.98. The van der Waals surface area contributed by atoms with Crippen molar-refractivity contribution in [2.24, 2.45) is 0 Å². The van der Waals surface area contributed by atoms with Crippen LogP contribution in [0.3, 0.4) is 0 Å². The molecule has 28 heavy (non-hydrogen) atoms. The fourth-order valence-corrected chi connectivity index (χ4v) is 3.45. The molecule has 0 saturated carbocycles. The minimum atomic E-state index is -0.503. The second-order valence-electron chi connectivity index (χ2n) is 7.11. The number of hydrogen-bond acceptors (Lipinski definition) is 3. The molecular weight excluding hydrogens is 346 g/mol. The topological polar surface area (TPSA) is 41.5 Å². The first-order valence-electron chi connectivity index (χ1n) is 9.88. The lowest BCUT2D eigenvalue weighted by Gasteiger charge is -2.21. The molecule has 1 atom stereocenters. The van der Waals surface area contributed by atoms with Gasteiger partial charge in [-0.15, -0.1) is 0 Å². The van der Waals surface area contributed by atoms with Crippen molar-refractivity contribution in [3.8, 4) is 5.75 Å². The van der Waals surface area contributed by atoms with Gasteiger partial charge in [0.05, 0.1) is 13.2 Å². The Labute approximate surface area is 168 Å². The lowest BCUT2D eigenvalue weighted by atomic mass is 9.98. The second kappa shape index (κ2) is 10.6. The summed E-state index contributed by atoms with van der Waals surface area (Å²) in [5, 5.41) is 14.2. The number of ether oxygens (including phenoxy) is 1. The zero-order valence-corrected chi connectivity index (χ0v) is 16.4. The Hall–Kier alpha value is -2.62. The fourth-order valence-electron chi connectivity index (χ4n) is 3.45. The second-order valence-corrected chi connectivity index (χ2v) is 7.11. The van der Waals surface area contributed by atoms with Crippen LogP contribution in [0.15, 0.2) is 84.9 Å². The third-order valence-electron chi connectivity index (χ3n) is 4.98. The maximum absolute atomic E-state index is 10.5. The van der Waals surface area contributed by atoms with Crippen LogP contribution in [-0.2, 0) is 12.8 Å². The van der Waals surface area contributed by atoms with E-state index in [0.29, 0.717) is 12.5 Å². The van der Waals surface area contributed by atoms with E-state index in [9.17, 15) is 5.11 Å². The molecule has 1 unspecified atom stereocenters. The molecular formula is C25H29NO2. The van der Waals surface area contributed by atoms with E-state index in [1.54, 1.807) is 7.11 Å². The highest BCUT2D eigenvalue weighted by molar-refractivity contribution is 5.29. The van der Waals surface area contributed by atoms with E-state index in [0.717, 1.165) is 30.7 Å². The molecule has 3 heteroatoms. The smallest absolute Gasteiger partial charge is 0.119 e. The van der Waals surface area contributed by atoms with Crippen LogP contribution in [0.2, 0.25) is 0 Å². The van der Waals surface area contributed by atoms with Gasteiger partial charge in [-0.25, -0.2) is 0 Å². The molecule has 0 spiro atoms. The monoisotopic (exact) mass is 375 g/mol. The molecule has 0 amide bonds. The van der Waals surface area contributed by atoms with Gasteiger partial charge in [-0.05, 0) is 54.6 Å². The van der Waals surface area contributed by atoms with E-state index in [-0.39, 0.29) is 0 Å². The van der Waals surface area contributed by atoms with Gasteiger partial charge in [0, 0.05) is 6.04 Å². The molecule has 0 aliphatic heterocycles. The summed E-state index contributed by atoms with van der Waals surface area (Å²) in [6, 6.07) is 29.1. The van der Waals surface area contributed by atoms with Crippen molar-refractivity contribution >= 4 is 0 Å². The van der Waals surface area contributed by atoms with Crippen LogP contribution in [0.25, 0.3) is 0 Å². The van der Waals surface area contributed by atoms with Crippen molar-refractivity contribution in [3.05, 3.63) is 102 Å². The highest BCUT2D eigenvalue weighted by atomic mass is 16.5. The van der Waals surface area contributed by atoms with Gasteiger partial charge < -0.3 is 15.2 Å².